The summed E-state index contributed by atoms with van der Waals surface area (Å²) in [6.07, 6.45) is 4.61. The number of benzene rings is 2. The van der Waals surface area contributed by atoms with Crippen molar-refractivity contribution in [2.45, 2.75) is 37.4 Å². The summed E-state index contributed by atoms with van der Waals surface area (Å²) in [5.41, 5.74) is 1.94. The summed E-state index contributed by atoms with van der Waals surface area (Å²) in [6.45, 7) is 0.863. The predicted molar refractivity (Wildman–Crippen MR) is 148 cm³/mol. The van der Waals surface area contributed by atoms with E-state index in [1.165, 1.54) is 13.2 Å². The van der Waals surface area contributed by atoms with Gasteiger partial charge in [0.2, 0.25) is 5.28 Å². The molecule has 0 aliphatic carbocycles. The lowest BCUT2D eigenvalue weighted by Gasteiger charge is -2.36. The van der Waals surface area contributed by atoms with Gasteiger partial charge in [0.1, 0.15) is 0 Å². The molecule has 192 valence electrons. The van der Waals surface area contributed by atoms with Gasteiger partial charge in [-0.2, -0.15) is 0 Å². The Hall–Kier alpha value is -2.40. The van der Waals surface area contributed by atoms with E-state index in [9.17, 15) is 4.39 Å². The van der Waals surface area contributed by atoms with Crippen LogP contribution in [0.5, 0.6) is 5.75 Å². The van der Waals surface area contributed by atoms with Crippen LogP contribution in [0.1, 0.15) is 36.2 Å². The fourth-order valence-electron chi connectivity index (χ4n) is 4.82. The van der Waals surface area contributed by atoms with Gasteiger partial charge >= 0.3 is 0 Å². The van der Waals surface area contributed by atoms with Crippen LogP contribution in [0, 0.1) is 9.39 Å². The lowest BCUT2D eigenvalue weighted by atomic mass is 9.74. The molecule has 1 aliphatic heterocycles. The predicted octanol–water partition coefficient (Wildman–Crippen LogP) is 6.50. The maximum Gasteiger partial charge on any atom is 0.223 e. The van der Waals surface area contributed by atoms with Crippen molar-refractivity contribution in [2.24, 2.45) is 0 Å². The molecule has 2 atom stereocenters. The van der Waals surface area contributed by atoms with Gasteiger partial charge in [0, 0.05) is 21.8 Å². The number of hydrogen-bond acceptors (Lipinski definition) is 6. The molecule has 1 fully saturated rings. The van der Waals surface area contributed by atoms with Gasteiger partial charge in [-0.05, 0) is 108 Å². The van der Waals surface area contributed by atoms with Crippen molar-refractivity contribution in [3.8, 4) is 5.75 Å². The van der Waals surface area contributed by atoms with Gasteiger partial charge in [0.25, 0.3) is 0 Å². The summed E-state index contributed by atoms with van der Waals surface area (Å²) in [5.74, 6) is -0.254. The molecule has 6 nitrogen and oxygen atoms in total. The first-order valence-corrected chi connectivity index (χ1v) is 13.5. The fraction of sp³-hybridized carbons (Fsp3) is 0.321. The second-order valence-electron chi connectivity index (χ2n) is 9.05. The van der Waals surface area contributed by atoms with Gasteiger partial charge in [-0.1, -0.05) is 12.1 Å². The van der Waals surface area contributed by atoms with E-state index in [1.807, 2.05) is 42.5 Å². The molecule has 0 amide bonds. The number of methoxy groups -OCH3 is 1. The van der Waals surface area contributed by atoms with Crippen LogP contribution in [0.3, 0.4) is 0 Å². The van der Waals surface area contributed by atoms with Crippen molar-refractivity contribution in [1.82, 2.24) is 15.0 Å². The summed E-state index contributed by atoms with van der Waals surface area (Å²) in [4.78, 5) is 14.0. The normalized spacial score (nSPS) is 17.5. The quantitative estimate of drug-likeness (QED) is 0.163. The van der Waals surface area contributed by atoms with E-state index in [1.54, 1.807) is 12.3 Å². The average Bonchev–Trinajstić information content (AvgIpc) is 2.92. The lowest BCUT2D eigenvalue weighted by molar-refractivity contribution is -0.170. The zero-order chi connectivity index (χ0) is 25.8. The van der Waals surface area contributed by atoms with E-state index in [0.717, 1.165) is 39.5 Å². The molecule has 0 radical (unpaired) electrons. The highest BCUT2D eigenvalue weighted by atomic mass is 127. The Bertz CT molecular complexity index is 1390. The number of ether oxygens (including phenoxy) is 3. The van der Waals surface area contributed by atoms with Crippen molar-refractivity contribution in [3.05, 3.63) is 92.4 Å². The highest BCUT2D eigenvalue weighted by Crippen LogP contribution is 2.40. The molecule has 0 spiro atoms. The van der Waals surface area contributed by atoms with Crippen molar-refractivity contribution >= 4 is 45.1 Å². The Morgan fingerprint density at radius 1 is 1.14 bits per heavy atom. The highest BCUT2D eigenvalue weighted by Gasteiger charge is 2.41. The van der Waals surface area contributed by atoms with Gasteiger partial charge in [0.05, 0.1) is 36.0 Å². The van der Waals surface area contributed by atoms with Crippen LogP contribution in [0.15, 0.2) is 60.8 Å². The molecule has 37 heavy (non-hydrogen) atoms. The topological polar surface area (TPSA) is 66.4 Å². The Labute approximate surface area is 233 Å². The number of nitrogens with zero attached hydrogens (tertiary/aromatic N) is 3. The van der Waals surface area contributed by atoms with Gasteiger partial charge < -0.3 is 14.2 Å². The summed E-state index contributed by atoms with van der Waals surface area (Å²) >= 11 is 8.76. The van der Waals surface area contributed by atoms with E-state index in [0.29, 0.717) is 24.2 Å². The molecule has 0 bridgehead atoms. The molecule has 2 unspecified atom stereocenters. The molecule has 3 heterocycles. The Balaban J connectivity index is 1.72. The van der Waals surface area contributed by atoms with E-state index < -0.39 is 11.2 Å². The molecular formula is C28H26ClFIN3O3. The standard InChI is InChI=1S/C28H26ClFIN3O3/c1-35-23-11-8-18(14-21(23)30)16-28(24-6-2-4-12-32-24,17-37-25-7-3-5-13-36-25)26-20-15-19(31)9-10-22(20)33-27(29)34-26/h2,4,6,8-12,14-15,25H,3,5,7,13,16-17H2,1H3. The third-order valence-electron chi connectivity index (χ3n) is 6.61. The van der Waals surface area contributed by atoms with Crippen LogP contribution < -0.4 is 4.74 Å². The van der Waals surface area contributed by atoms with Gasteiger partial charge in [0.15, 0.2) is 17.9 Å². The molecule has 2 aromatic heterocycles. The van der Waals surface area contributed by atoms with Crippen LogP contribution in [-0.2, 0) is 21.3 Å². The summed E-state index contributed by atoms with van der Waals surface area (Å²) < 4.78 is 33.3. The molecule has 5 rings (SSSR count). The molecular weight excluding hydrogens is 608 g/mol. The molecule has 0 N–H and O–H groups in total. The van der Waals surface area contributed by atoms with E-state index in [4.69, 9.17) is 35.8 Å². The smallest absolute Gasteiger partial charge is 0.223 e. The number of pyridine rings is 1. The van der Waals surface area contributed by atoms with Gasteiger partial charge in [-0.25, -0.2) is 14.4 Å². The monoisotopic (exact) mass is 633 g/mol. The molecule has 1 saturated heterocycles. The van der Waals surface area contributed by atoms with Crippen LogP contribution in [0.4, 0.5) is 4.39 Å². The minimum atomic E-state index is -0.918. The molecule has 0 saturated carbocycles. The highest BCUT2D eigenvalue weighted by molar-refractivity contribution is 14.1. The minimum Gasteiger partial charge on any atom is -0.494 e. The molecule has 2 aromatic carbocycles. The number of aromatic nitrogens is 3. The fourth-order valence-corrected chi connectivity index (χ4v) is 5.48. The summed E-state index contributed by atoms with van der Waals surface area (Å²) in [7, 11) is 1.45. The van der Waals surface area contributed by atoms with Crippen molar-refractivity contribution in [3.63, 3.8) is 0 Å². The van der Waals surface area contributed by atoms with E-state index in [2.05, 4.69) is 27.6 Å². The SMILES string of the molecule is COc1ccc(CC(COC2CCCCO2)(c2ccccn2)c2nc(Cl)nc3ccc(I)cc23)cc1F. The Morgan fingerprint density at radius 2 is 2.03 bits per heavy atom. The van der Waals surface area contributed by atoms with Crippen molar-refractivity contribution in [1.29, 1.82) is 0 Å². The first-order valence-electron chi connectivity index (χ1n) is 12.1. The molecule has 1 aliphatic rings. The minimum absolute atomic E-state index is 0.124. The molecule has 4 aromatic rings. The largest absolute Gasteiger partial charge is 0.494 e. The van der Waals surface area contributed by atoms with E-state index in [-0.39, 0.29) is 23.9 Å². The first kappa shape index (κ1) is 26.2. The van der Waals surface area contributed by atoms with Crippen LogP contribution in [0.2, 0.25) is 5.28 Å². The summed E-state index contributed by atoms with van der Waals surface area (Å²) in [6, 6.07) is 16.6. The Morgan fingerprint density at radius 3 is 2.76 bits per heavy atom. The van der Waals surface area contributed by atoms with E-state index >= 15 is 0 Å². The maximum absolute atomic E-state index is 14.8. The third kappa shape index (κ3) is 5.72. The first-order chi connectivity index (χ1) is 18.0. The number of hydrogen-bond donors (Lipinski definition) is 0. The average molecular weight is 634 g/mol. The van der Waals surface area contributed by atoms with Crippen LogP contribution in [-0.4, -0.2) is 41.6 Å². The third-order valence-corrected chi connectivity index (χ3v) is 7.45. The van der Waals surface area contributed by atoms with Crippen LogP contribution >= 0.6 is 34.2 Å². The van der Waals surface area contributed by atoms with Crippen molar-refractivity contribution in [2.75, 3.05) is 20.3 Å². The number of halogens is 3. The molecule has 9 heteroatoms. The zero-order valence-corrected chi connectivity index (χ0v) is 23.2. The number of rotatable bonds is 8. The Kier molecular flexibility index (Phi) is 8.18. The number of fused-ring (bicyclic) bond motifs is 1. The second-order valence-corrected chi connectivity index (χ2v) is 10.6. The lowest BCUT2D eigenvalue weighted by Crippen LogP contribution is -2.40. The van der Waals surface area contributed by atoms with Crippen molar-refractivity contribution < 1.29 is 18.6 Å². The zero-order valence-electron chi connectivity index (χ0n) is 20.3. The van der Waals surface area contributed by atoms with Gasteiger partial charge in [-0.15, -0.1) is 0 Å². The summed E-state index contributed by atoms with van der Waals surface area (Å²) in [5, 5.41) is 0.961. The van der Waals surface area contributed by atoms with Crippen LogP contribution in [0.25, 0.3) is 10.9 Å². The maximum atomic E-state index is 14.8. The van der Waals surface area contributed by atoms with Gasteiger partial charge in [-0.3, -0.25) is 4.98 Å². The second kappa shape index (κ2) is 11.6.